The summed E-state index contributed by atoms with van der Waals surface area (Å²) in [5.74, 6) is 0.151. The van der Waals surface area contributed by atoms with Crippen LogP contribution in [0, 0.1) is 5.92 Å². The minimum absolute atomic E-state index is 0.318. The van der Waals surface area contributed by atoms with Crippen molar-refractivity contribution in [2.24, 2.45) is 11.7 Å². The van der Waals surface area contributed by atoms with Crippen LogP contribution in [-0.4, -0.2) is 37.1 Å². The van der Waals surface area contributed by atoms with Crippen LogP contribution in [0.5, 0.6) is 0 Å². The van der Waals surface area contributed by atoms with Crippen LogP contribution in [0.1, 0.15) is 18.4 Å². The van der Waals surface area contributed by atoms with E-state index >= 15 is 0 Å². The average molecular weight is 297 g/mol. The van der Waals surface area contributed by atoms with Gasteiger partial charge in [0.05, 0.1) is 7.11 Å². The number of nitrogens with two attached hydrogens (primary N) is 1. The molecular weight excluding hydrogens is 276 g/mol. The molecule has 0 saturated carbocycles. The van der Waals surface area contributed by atoms with Crippen molar-refractivity contribution in [3.63, 3.8) is 0 Å². The zero-order chi connectivity index (χ0) is 14.5. The molecule has 5 heteroatoms. The second-order valence-corrected chi connectivity index (χ2v) is 5.82. The first-order valence-electron chi connectivity index (χ1n) is 6.88. The highest BCUT2D eigenvalue weighted by Crippen LogP contribution is 2.23. The van der Waals surface area contributed by atoms with Crippen molar-refractivity contribution in [1.82, 2.24) is 4.90 Å². The summed E-state index contributed by atoms with van der Waals surface area (Å²) in [6, 6.07) is 7.43. The van der Waals surface area contributed by atoms with Crippen molar-refractivity contribution in [1.29, 1.82) is 0 Å². The fraction of sp³-hybridized carbons (Fsp3) is 0.533. The molecule has 0 aliphatic carbocycles. The van der Waals surface area contributed by atoms with Gasteiger partial charge in [0.1, 0.15) is 6.04 Å². The van der Waals surface area contributed by atoms with Crippen LogP contribution in [0.2, 0.25) is 5.02 Å². The molecule has 2 N–H and O–H groups in total. The molecular formula is C15H21ClN2O2. The van der Waals surface area contributed by atoms with Crippen LogP contribution in [0.25, 0.3) is 0 Å². The van der Waals surface area contributed by atoms with Gasteiger partial charge in [-0.1, -0.05) is 23.7 Å². The summed E-state index contributed by atoms with van der Waals surface area (Å²) in [5.41, 5.74) is 7.07. The van der Waals surface area contributed by atoms with Crippen molar-refractivity contribution in [3.05, 3.63) is 34.9 Å². The smallest absolute Gasteiger partial charge is 0.322 e. The maximum atomic E-state index is 11.3. The summed E-state index contributed by atoms with van der Waals surface area (Å²) in [6.07, 6.45) is 1.78. The average Bonchev–Trinajstić information content (AvgIpc) is 2.87. The van der Waals surface area contributed by atoms with Gasteiger partial charge in [0.15, 0.2) is 0 Å². The Balaban J connectivity index is 1.80. The van der Waals surface area contributed by atoms with E-state index in [1.807, 2.05) is 12.1 Å². The molecule has 4 nitrogen and oxygen atoms in total. The van der Waals surface area contributed by atoms with E-state index in [2.05, 4.69) is 21.8 Å². The zero-order valence-electron chi connectivity index (χ0n) is 11.7. The Labute approximate surface area is 124 Å². The van der Waals surface area contributed by atoms with Crippen LogP contribution in [0.4, 0.5) is 0 Å². The molecule has 0 aromatic heterocycles. The van der Waals surface area contributed by atoms with E-state index in [0.717, 1.165) is 31.1 Å². The molecule has 1 fully saturated rings. The topological polar surface area (TPSA) is 55.6 Å². The first kappa shape index (κ1) is 15.3. The van der Waals surface area contributed by atoms with Gasteiger partial charge in [0.2, 0.25) is 0 Å². The number of nitrogens with zero attached hydrogens (tertiary/aromatic N) is 1. The summed E-state index contributed by atoms with van der Waals surface area (Å²) in [6.45, 7) is 2.94. The Hall–Kier alpha value is -1.10. The molecule has 0 bridgehead atoms. The molecule has 0 radical (unpaired) electrons. The fourth-order valence-corrected chi connectivity index (χ4v) is 2.83. The summed E-state index contributed by atoms with van der Waals surface area (Å²) in [5, 5.41) is 0.761. The minimum Gasteiger partial charge on any atom is -0.468 e. The molecule has 2 atom stereocenters. The Morgan fingerprint density at radius 1 is 1.50 bits per heavy atom. The van der Waals surface area contributed by atoms with Gasteiger partial charge < -0.3 is 10.5 Å². The second-order valence-electron chi connectivity index (χ2n) is 5.38. The minimum atomic E-state index is -0.500. The number of carbonyl (C=O) groups is 1. The van der Waals surface area contributed by atoms with Crippen LogP contribution in [-0.2, 0) is 16.1 Å². The molecule has 20 heavy (non-hydrogen) atoms. The van der Waals surface area contributed by atoms with E-state index < -0.39 is 6.04 Å². The summed E-state index contributed by atoms with van der Waals surface area (Å²) in [7, 11) is 1.38. The highest BCUT2D eigenvalue weighted by molar-refractivity contribution is 6.30. The largest absolute Gasteiger partial charge is 0.468 e. The predicted octanol–water partition coefficient (Wildman–Crippen LogP) is 2.05. The quantitative estimate of drug-likeness (QED) is 0.845. The van der Waals surface area contributed by atoms with E-state index in [1.54, 1.807) is 0 Å². The highest BCUT2D eigenvalue weighted by Gasteiger charge is 2.26. The van der Waals surface area contributed by atoms with Gasteiger partial charge in [-0.2, -0.15) is 0 Å². The maximum absolute atomic E-state index is 11.3. The number of carbonyl (C=O) groups excluding carboxylic acids is 1. The summed E-state index contributed by atoms with van der Waals surface area (Å²) in [4.78, 5) is 13.7. The van der Waals surface area contributed by atoms with Gasteiger partial charge in [-0.15, -0.1) is 0 Å². The molecule has 1 aromatic rings. The normalized spacial score (nSPS) is 20.9. The summed E-state index contributed by atoms with van der Waals surface area (Å²) < 4.78 is 4.67. The molecule has 110 valence electrons. The van der Waals surface area contributed by atoms with Gasteiger partial charge in [0, 0.05) is 18.1 Å². The van der Waals surface area contributed by atoms with Crippen molar-refractivity contribution >= 4 is 17.6 Å². The van der Waals surface area contributed by atoms with Crippen LogP contribution in [0.15, 0.2) is 24.3 Å². The highest BCUT2D eigenvalue weighted by atomic mass is 35.5. The molecule has 1 heterocycles. The Bertz CT molecular complexity index is 450. The predicted molar refractivity (Wildman–Crippen MR) is 79.4 cm³/mol. The molecule has 2 unspecified atom stereocenters. The third-order valence-electron chi connectivity index (χ3n) is 3.78. The number of benzene rings is 1. The lowest BCUT2D eigenvalue weighted by Crippen LogP contribution is -2.34. The van der Waals surface area contributed by atoms with E-state index in [-0.39, 0.29) is 5.97 Å². The lowest BCUT2D eigenvalue weighted by atomic mass is 10.00. The lowest BCUT2D eigenvalue weighted by Gasteiger charge is -2.17. The first-order valence-corrected chi connectivity index (χ1v) is 7.26. The molecule has 1 aromatic carbocycles. The SMILES string of the molecule is COC(=O)C(N)CC1CCN(Cc2ccc(Cl)cc2)C1. The Morgan fingerprint density at radius 2 is 2.20 bits per heavy atom. The van der Waals surface area contributed by atoms with E-state index in [0.29, 0.717) is 12.3 Å². The molecule has 0 spiro atoms. The Morgan fingerprint density at radius 3 is 2.85 bits per heavy atom. The molecule has 0 amide bonds. The van der Waals surface area contributed by atoms with Crippen molar-refractivity contribution < 1.29 is 9.53 Å². The maximum Gasteiger partial charge on any atom is 0.322 e. The standard InChI is InChI=1S/C15H21ClN2O2/c1-20-15(19)14(17)8-12-6-7-18(10-12)9-11-2-4-13(16)5-3-11/h2-5,12,14H,6-10,17H2,1H3. The van der Waals surface area contributed by atoms with E-state index in [1.165, 1.54) is 12.7 Å². The zero-order valence-corrected chi connectivity index (χ0v) is 12.5. The van der Waals surface area contributed by atoms with Crippen LogP contribution < -0.4 is 5.73 Å². The number of hydrogen-bond acceptors (Lipinski definition) is 4. The van der Waals surface area contributed by atoms with Crippen molar-refractivity contribution in [2.45, 2.75) is 25.4 Å². The van der Waals surface area contributed by atoms with Gasteiger partial charge >= 0.3 is 5.97 Å². The van der Waals surface area contributed by atoms with Gasteiger partial charge in [0.25, 0.3) is 0 Å². The van der Waals surface area contributed by atoms with Crippen molar-refractivity contribution in [2.75, 3.05) is 20.2 Å². The number of methoxy groups -OCH3 is 1. The number of esters is 1. The second kappa shape index (κ2) is 7.07. The monoisotopic (exact) mass is 296 g/mol. The van der Waals surface area contributed by atoms with Crippen molar-refractivity contribution in [3.8, 4) is 0 Å². The van der Waals surface area contributed by atoms with Gasteiger partial charge in [-0.3, -0.25) is 9.69 Å². The fourth-order valence-electron chi connectivity index (χ4n) is 2.70. The first-order chi connectivity index (χ1) is 9.58. The third kappa shape index (κ3) is 4.20. The van der Waals surface area contributed by atoms with Crippen LogP contribution in [0.3, 0.4) is 0 Å². The third-order valence-corrected chi connectivity index (χ3v) is 4.03. The molecule has 1 aliphatic heterocycles. The number of likely N-dealkylation sites (tertiary alicyclic amines) is 1. The number of hydrogen-bond donors (Lipinski definition) is 1. The number of halogens is 1. The van der Waals surface area contributed by atoms with E-state index in [9.17, 15) is 4.79 Å². The van der Waals surface area contributed by atoms with E-state index in [4.69, 9.17) is 17.3 Å². The number of ether oxygens (including phenoxy) is 1. The van der Waals surface area contributed by atoms with Gasteiger partial charge in [-0.05, 0) is 43.0 Å². The van der Waals surface area contributed by atoms with Crippen LogP contribution >= 0.6 is 11.6 Å². The molecule has 2 rings (SSSR count). The van der Waals surface area contributed by atoms with Gasteiger partial charge in [-0.25, -0.2) is 0 Å². The molecule has 1 saturated heterocycles. The Kier molecular flexibility index (Phi) is 5.40. The lowest BCUT2D eigenvalue weighted by molar-refractivity contribution is -0.142. The number of rotatable bonds is 5. The molecule has 1 aliphatic rings. The summed E-state index contributed by atoms with van der Waals surface area (Å²) >= 11 is 5.88.